The lowest BCUT2D eigenvalue weighted by molar-refractivity contribution is -0.163. The van der Waals surface area contributed by atoms with E-state index in [9.17, 15) is 14.9 Å². The van der Waals surface area contributed by atoms with Crippen LogP contribution in [-0.4, -0.2) is 42.4 Å². The molecule has 7 heteroatoms. The molecular formula is C31H34N4O3. The van der Waals surface area contributed by atoms with E-state index in [2.05, 4.69) is 49.0 Å². The van der Waals surface area contributed by atoms with Crippen molar-refractivity contribution in [1.29, 1.82) is 5.26 Å². The van der Waals surface area contributed by atoms with Crippen molar-refractivity contribution in [2.75, 3.05) is 18.0 Å². The van der Waals surface area contributed by atoms with Gasteiger partial charge in [-0.15, -0.1) is 0 Å². The molecule has 7 nitrogen and oxygen atoms in total. The monoisotopic (exact) mass is 510 g/mol. The van der Waals surface area contributed by atoms with Gasteiger partial charge in [-0.2, -0.15) is 5.26 Å². The summed E-state index contributed by atoms with van der Waals surface area (Å²) in [5, 5.41) is 13.5. The van der Waals surface area contributed by atoms with Crippen LogP contribution in [0.25, 0.3) is 10.9 Å². The number of hydrogen-bond acceptors (Lipinski definition) is 6. The van der Waals surface area contributed by atoms with Gasteiger partial charge < -0.3 is 19.7 Å². The van der Waals surface area contributed by atoms with Gasteiger partial charge in [0, 0.05) is 58.7 Å². The maximum atomic E-state index is 13.3. The number of aromatic nitrogens is 1. The number of anilines is 1. The standard InChI is InChI=1S/C31H34N4O3/c1-30(2)28(34-27(37)21-7-10-23(11-8-21)35-16-13-20(19-36)14-17-35)31(3,4)29(30)38-25-12-9-22(18-32)26-24(25)6-5-15-33-26/h5-12,15,19-20,28-29H,13-14,16-17H2,1-4H3,(H,34,37). The van der Waals surface area contributed by atoms with E-state index in [1.807, 2.05) is 42.5 Å². The van der Waals surface area contributed by atoms with Crippen molar-refractivity contribution in [2.24, 2.45) is 16.7 Å². The van der Waals surface area contributed by atoms with E-state index < -0.39 is 0 Å². The lowest BCUT2D eigenvalue weighted by Gasteiger charge is -2.63. The third-order valence-corrected chi connectivity index (χ3v) is 8.44. The Morgan fingerprint density at radius 3 is 2.39 bits per heavy atom. The molecule has 2 aromatic carbocycles. The third-order valence-electron chi connectivity index (χ3n) is 8.44. The van der Waals surface area contributed by atoms with Gasteiger partial charge in [0.1, 0.15) is 24.2 Å². The zero-order valence-electron chi connectivity index (χ0n) is 22.4. The number of pyridine rings is 1. The number of carbonyl (C=O) groups excluding carboxylic acids is 2. The van der Waals surface area contributed by atoms with Gasteiger partial charge in [0.2, 0.25) is 0 Å². The van der Waals surface area contributed by atoms with Crippen molar-refractivity contribution >= 4 is 28.8 Å². The first kappa shape index (κ1) is 25.7. The number of fused-ring (bicyclic) bond motifs is 1. The summed E-state index contributed by atoms with van der Waals surface area (Å²) in [6.45, 7) is 10.2. The third kappa shape index (κ3) is 4.38. The Hall–Kier alpha value is -3.92. The molecule has 3 aromatic rings. The summed E-state index contributed by atoms with van der Waals surface area (Å²) in [7, 11) is 0. The predicted octanol–water partition coefficient (Wildman–Crippen LogP) is 5.13. The van der Waals surface area contributed by atoms with Crippen LogP contribution in [0.1, 0.15) is 56.5 Å². The molecule has 0 atom stereocenters. The van der Waals surface area contributed by atoms with E-state index in [1.165, 1.54) is 0 Å². The van der Waals surface area contributed by atoms with Crippen LogP contribution in [0.3, 0.4) is 0 Å². The van der Waals surface area contributed by atoms with Crippen LogP contribution in [-0.2, 0) is 4.79 Å². The largest absolute Gasteiger partial charge is 0.488 e. The van der Waals surface area contributed by atoms with E-state index in [0.717, 1.165) is 43.3 Å². The zero-order chi connectivity index (χ0) is 27.1. The number of nitrogens with one attached hydrogen (secondary N) is 1. The Kier molecular flexibility index (Phi) is 6.60. The number of nitriles is 1. The highest BCUT2D eigenvalue weighted by Gasteiger charge is 2.64. The summed E-state index contributed by atoms with van der Waals surface area (Å²) in [4.78, 5) is 31.0. The van der Waals surface area contributed by atoms with Crippen LogP contribution in [0.15, 0.2) is 54.7 Å². The van der Waals surface area contributed by atoms with Gasteiger partial charge in [-0.05, 0) is 61.4 Å². The lowest BCUT2D eigenvalue weighted by atomic mass is 9.49. The Morgan fingerprint density at radius 2 is 1.76 bits per heavy atom. The number of benzene rings is 2. The number of hydrogen-bond donors (Lipinski definition) is 1. The molecule has 0 bridgehead atoms. The van der Waals surface area contributed by atoms with Gasteiger partial charge >= 0.3 is 0 Å². The molecule has 1 aromatic heterocycles. The maximum absolute atomic E-state index is 13.3. The van der Waals surface area contributed by atoms with E-state index in [-0.39, 0.29) is 34.8 Å². The molecule has 38 heavy (non-hydrogen) atoms. The highest BCUT2D eigenvalue weighted by Crippen LogP contribution is 2.56. The maximum Gasteiger partial charge on any atom is 0.251 e. The molecule has 1 amide bonds. The molecule has 0 spiro atoms. The summed E-state index contributed by atoms with van der Waals surface area (Å²) in [6.07, 6.45) is 4.32. The van der Waals surface area contributed by atoms with Gasteiger partial charge in [0.25, 0.3) is 5.91 Å². The molecule has 1 aliphatic heterocycles. The SMILES string of the molecule is CC1(C)C(NC(=O)c2ccc(N3CCC(C=O)CC3)cc2)C(C)(C)C1Oc1ccc(C#N)c2ncccc12. The van der Waals surface area contributed by atoms with Crippen LogP contribution < -0.4 is 15.0 Å². The summed E-state index contributed by atoms with van der Waals surface area (Å²) in [6, 6.07) is 17.2. The molecule has 2 heterocycles. The Balaban J connectivity index is 1.28. The molecule has 1 aliphatic carbocycles. The molecule has 0 radical (unpaired) electrons. The molecule has 196 valence electrons. The van der Waals surface area contributed by atoms with E-state index in [0.29, 0.717) is 22.4 Å². The Morgan fingerprint density at radius 1 is 1.08 bits per heavy atom. The molecule has 2 aliphatic rings. The molecule has 1 saturated heterocycles. The lowest BCUT2D eigenvalue weighted by Crippen LogP contribution is -2.74. The zero-order valence-corrected chi connectivity index (χ0v) is 22.4. The number of carbonyl (C=O) groups is 2. The number of rotatable bonds is 6. The van der Waals surface area contributed by atoms with Gasteiger partial charge in [-0.3, -0.25) is 9.78 Å². The van der Waals surface area contributed by atoms with Crippen molar-refractivity contribution < 1.29 is 14.3 Å². The number of aldehydes is 1. The molecule has 0 unspecified atom stereocenters. The highest BCUT2D eigenvalue weighted by molar-refractivity contribution is 5.95. The van der Waals surface area contributed by atoms with Crippen molar-refractivity contribution in [3.63, 3.8) is 0 Å². The van der Waals surface area contributed by atoms with Gasteiger partial charge in [0.05, 0.1) is 11.1 Å². The van der Waals surface area contributed by atoms with Crippen LogP contribution in [0.2, 0.25) is 0 Å². The quantitative estimate of drug-likeness (QED) is 0.462. The smallest absolute Gasteiger partial charge is 0.251 e. The van der Waals surface area contributed by atoms with Gasteiger partial charge in [0.15, 0.2) is 0 Å². The van der Waals surface area contributed by atoms with Crippen LogP contribution in [0, 0.1) is 28.1 Å². The minimum Gasteiger partial charge on any atom is -0.488 e. The number of amides is 1. The molecule has 5 rings (SSSR count). The molecular weight excluding hydrogens is 476 g/mol. The Bertz CT molecular complexity index is 1380. The van der Waals surface area contributed by atoms with E-state index in [1.54, 1.807) is 12.3 Å². The van der Waals surface area contributed by atoms with Crippen molar-refractivity contribution in [3.8, 4) is 11.8 Å². The van der Waals surface area contributed by atoms with Crippen molar-refractivity contribution in [2.45, 2.75) is 52.7 Å². The van der Waals surface area contributed by atoms with Crippen LogP contribution in [0.4, 0.5) is 5.69 Å². The second-order valence-electron chi connectivity index (χ2n) is 11.7. The first-order valence-electron chi connectivity index (χ1n) is 13.2. The molecule has 1 saturated carbocycles. The minimum absolute atomic E-state index is 0.0997. The van der Waals surface area contributed by atoms with Crippen LogP contribution >= 0.6 is 0 Å². The summed E-state index contributed by atoms with van der Waals surface area (Å²) in [5.41, 5.74) is 2.18. The Labute approximate surface area is 223 Å². The second kappa shape index (κ2) is 9.75. The summed E-state index contributed by atoms with van der Waals surface area (Å²) in [5.74, 6) is 0.746. The average Bonchev–Trinajstić information content (AvgIpc) is 2.94. The topological polar surface area (TPSA) is 95.3 Å². The first-order chi connectivity index (χ1) is 18.2. The number of piperidine rings is 1. The molecule has 2 fully saturated rings. The first-order valence-corrected chi connectivity index (χ1v) is 13.2. The van der Waals surface area contributed by atoms with Gasteiger partial charge in [-0.1, -0.05) is 27.7 Å². The van der Waals surface area contributed by atoms with Gasteiger partial charge in [-0.25, -0.2) is 0 Å². The minimum atomic E-state index is -0.329. The highest BCUT2D eigenvalue weighted by atomic mass is 16.5. The fraction of sp³-hybridized carbons (Fsp3) is 0.419. The van der Waals surface area contributed by atoms with E-state index >= 15 is 0 Å². The predicted molar refractivity (Wildman–Crippen MR) is 147 cm³/mol. The normalized spacial score (nSPS) is 22.2. The van der Waals surface area contributed by atoms with Crippen molar-refractivity contribution in [1.82, 2.24) is 10.3 Å². The fourth-order valence-corrected chi connectivity index (χ4v) is 6.60. The number of ether oxygens (including phenoxy) is 1. The summed E-state index contributed by atoms with van der Waals surface area (Å²) < 4.78 is 6.58. The van der Waals surface area contributed by atoms with Crippen molar-refractivity contribution in [3.05, 3.63) is 65.9 Å². The second-order valence-corrected chi connectivity index (χ2v) is 11.7. The summed E-state index contributed by atoms with van der Waals surface area (Å²) >= 11 is 0. The van der Waals surface area contributed by atoms with Crippen LogP contribution in [0.5, 0.6) is 5.75 Å². The van der Waals surface area contributed by atoms with E-state index in [4.69, 9.17) is 4.74 Å². The fourth-order valence-electron chi connectivity index (χ4n) is 6.60. The average molecular weight is 511 g/mol. The molecule has 1 N–H and O–H groups in total. The number of nitrogens with zero attached hydrogens (tertiary/aromatic N) is 3.